The molecule has 0 saturated heterocycles. The van der Waals surface area contributed by atoms with Gasteiger partial charge in [-0.15, -0.1) is 0 Å². The normalized spacial score (nSPS) is 11.3. The fourth-order valence-corrected chi connectivity index (χ4v) is 2.33. The van der Waals surface area contributed by atoms with E-state index in [1.165, 1.54) is 4.90 Å². The second-order valence-electron chi connectivity index (χ2n) is 6.09. The summed E-state index contributed by atoms with van der Waals surface area (Å²) in [7, 11) is 3.24. The van der Waals surface area contributed by atoms with Gasteiger partial charge >= 0.3 is 0 Å². The molecule has 0 aliphatic heterocycles. The Balaban J connectivity index is 2.09. The molecule has 0 heterocycles. The Morgan fingerprint density at radius 3 is 2.08 bits per heavy atom. The first kappa shape index (κ1) is 19.2. The molecule has 0 aliphatic carbocycles. The van der Waals surface area contributed by atoms with E-state index in [1.54, 1.807) is 38.4 Å². The fourth-order valence-electron chi connectivity index (χ4n) is 2.33. The predicted molar refractivity (Wildman–Crippen MR) is 99.5 cm³/mol. The molecule has 0 radical (unpaired) electrons. The molecule has 6 nitrogen and oxygen atoms in total. The summed E-state index contributed by atoms with van der Waals surface area (Å²) in [5.41, 5.74) is 1.39. The summed E-state index contributed by atoms with van der Waals surface area (Å²) in [6.07, 6.45) is 0.335. The van der Waals surface area contributed by atoms with E-state index in [0.717, 1.165) is 5.56 Å². The third kappa shape index (κ3) is 5.73. The van der Waals surface area contributed by atoms with Gasteiger partial charge in [0.1, 0.15) is 6.04 Å². The van der Waals surface area contributed by atoms with Gasteiger partial charge < -0.3 is 15.5 Å². The molecule has 2 rings (SSSR count). The van der Waals surface area contributed by atoms with Crippen molar-refractivity contribution >= 4 is 17.7 Å². The van der Waals surface area contributed by atoms with Gasteiger partial charge in [0.05, 0.1) is 6.54 Å². The molecule has 6 heteroatoms. The first-order valence-corrected chi connectivity index (χ1v) is 8.35. The molecule has 2 N–H and O–H groups in total. The third-order valence-electron chi connectivity index (χ3n) is 3.85. The number of likely N-dealkylation sites (N-methyl/N-ethyl adjacent to an activating group) is 1. The smallest absolute Gasteiger partial charge is 0.251 e. The zero-order valence-electron chi connectivity index (χ0n) is 14.9. The third-order valence-corrected chi connectivity index (χ3v) is 3.85. The van der Waals surface area contributed by atoms with E-state index >= 15 is 0 Å². The van der Waals surface area contributed by atoms with E-state index in [-0.39, 0.29) is 18.4 Å². The van der Waals surface area contributed by atoms with E-state index in [0.29, 0.717) is 12.0 Å². The minimum Gasteiger partial charge on any atom is -0.347 e. The minimum absolute atomic E-state index is 0.113. The SMILES string of the molecule is CN(C)C(=O)CNC(=O)[C@H](Cc1ccccc1)NC(=O)c1ccccc1. The molecular formula is C20H23N3O3. The molecule has 2 aromatic carbocycles. The number of hydrogen-bond donors (Lipinski definition) is 2. The van der Waals surface area contributed by atoms with Crippen molar-refractivity contribution in [3.05, 3.63) is 71.8 Å². The van der Waals surface area contributed by atoms with Gasteiger partial charge in [-0.1, -0.05) is 48.5 Å². The summed E-state index contributed by atoms with van der Waals surface area (Å²) in [5.74, 6) is -0.944. The van der Waals surface area contributed by atoms with Gasteiger partial charge in [0.2, 0.25) is 11.8 Å². The number of nitrogens with zero attached hydrogens (tertiary/aromatic N) is 1. The van der Waals surface area contributed by atoms with Crippen molar-refractivity contribution in [2.24, 2.45) is 0 Å². The molecule has 3 amide bonds. The Bertz CT molecular complexity index is 745. The van der Waals surface area contributed by atoms with E-state index in [2.05, 4.69) is 10.6 Å². The van der Waals surface area contributed by atoms with E-state index in [9.17, 15) is 14.4 Å². The van der Waals surface area contributed by atoms with Crippen LogP contribution in [0.15, 0.2) is 60.7 Å². The monoisotopic (exact) mass is 353 g/mol. The van der Waals surface area contributed by atoms with Crippen molar-refractivity contribution in [3.8, 4) is 0 Å². The van der Waals surface area contributed by atoms with Crippen LogP contribution in [0.5, 0.6) is 0 Å². The largest absolute Gasteiger partial charge is 0.347 e. The van der Waals surface area contributed by atoms with Crippen LogP contribution in [-0.2, 0) is 16.0 Å². The summed E-state index contributed by atoms with van der Waals surface area (Å²) >= 11 is 0. The minimum atomic E-state index is -0.778. The first-order chi connectivity index (χ1) is 12.5. The summed E-state index contributed by atoms with van der Waals surface area (Å²) in [6, 6.07) is 17.3. The highest BCUT2D eigenvalue weighted by molar-refractivity contribution is 5.98. The number of rotatable bonds is 7. The number of hydrogen-bond acceptors (Lipinski definition) is 3. The van der Waals surface area contributed by atoms with Gasteiger partial charge in [-0.05, 0) is 17.7 Å². The van der Waals surface area contributed by atoms with Gasteiger partial charge in [0.25, 0.3) is 5.91 Å². The van der Waals surface area contributed by atoms with Crippen LogP contribution in [0.1, 0.15) is 15.9 Å². The summed E-state index contributed by atoms with van der Waals surface area (Å²) < 4.78 is 0. The Kier molecular flexibility index (Phi) is 6.91. The Hall–Kier alpha value is -3.15. The van der Waals surface area contributed by atoms with Crippen LogP contribution < -0.4 is 10.6 Å². The Labute approximate surface area is 153 Å². The van der Waals surface area contributed by atoms with Crippen molar-refractivity contribution in [1.82, 2.24) is 15.5 Å². The highest BCUT2D eigenvalue weighted by Crippen LogP contribution is 2.06. The maximum Gasteiger partial charge on any atom is 0.251 e. The predicted octanol–water partition coefficient (Wildman–Crippen LogP) is 1.23. The van der Waals surface area contributed by atoms with Crippen molar-refractivity contribution < 1.29 is 14.4 Å². The number of carbonyl (C=O) groups is 3. The standard InChI is InChI=1S/C20H23N3O3/c1-23(2)18(24)14-21-20(26)17(13-15-9-5-3-6-10-15)22-19(25)16-11-7-4-8-12-16/h3-12,17H,13-14H2,1-2H3,(H,21,26)(H,22,25)/t17-/m0/s1. The topological polar surface area (TPSA) is 78.5 Å². The molecule has 0 spiro atoms. The van der Waals surface area contributed by atoms with Crippen LogP contribution in [0, 0.1) is 0 Å². The molecule has 0 aromatic heterocycles. The summed E-state index contributed by atoms with van der Waals surface area (Å²) in [5, 5.41) is 5.35. The lowest BCUT2D eigenvalue weighted by Gasteiger charge is -2.19. The van der Waals surface area contributed by atoms with Crippen molar-refractivity contribution in [3.63, 3.8) is 0 Å². The highest BCUT2D eigenvalue weighted by Gasteiger charge is 2.22. The number of amides is 3. The molecule has 136 valence electrons. The Morgan fingerprint density at radius 1 is 0.923 bits per heavy atom. The molecule has 1 atom stereocenters. The summed E-state index contributed by atoms with van der Waals surface area (Å²) in [4.78, 5) is 38.1. The molecule has 0 bridgehead atoms. The molecule has 26 heavy (non-hydrogen) atoms. The molecular weight excluding hydrogens is 330 g/mol. The number of nitrogens with one attached hydrogen (secondary N) is 2. The second kappa shape index (κ2) is 9.36. The van der Waals surface area contributed by atoms with E-state index in [4.69, 9.17) is 0 Å². The van der Waals surface area contributed by atoms with Gasteiger partial charge in [0.15, 0.2) is 0 Å². The van der Waals surface area contributed by atoms with Crippen LogP contribution in [0.4, 0.5) is 0 Å². The van der Waals surface area contributed by atoms with Crippen LogP contribution >= 0.6 is 0 Å². The molecule has 0 aliphatic rings. The van der Waals surface area contributed by atoms with Gasteiger partial charge in [-0.2, -0.15) is 0 Å². The second-order valence-corrected chi connectivity index (χ2v) is 6.09. The highest BCUT2D eigenvalue weighted by atomic mass is 16.2. The lowest BCUT2D eigenvalue weighted by Crippen LogP contribution is -2.50. The zero-order valence-corrected chi connectivity index (χ0v) is 14.9. The molecule has 0 fully saturated rings. The van der Waals surface area contributed by atoms with Gasteiger partial charge in [-0.25, -0.2) is 0 Å². The number of carbonyl (C=O) groups excluding carboxylic acids is 3. The van der Waals surface area contributed by atoms with Crippen molar-refractivity contribution in [1.29, 1.82) is 0 Å². The molecule has 0 unspecified atom stereocenters. The first-order valence-electron chi connectivity index (χ1n) is 8.35. The lowest BCUT2D eigenvalue weighted by molar-refractivity contribution is -0.131. The van der Waals surface area contributed by atoms with Gasteiger partial charge in [0, 0.05) is 26.1 Å². The van der Waals surface area contributed by atoms with Gasteiger partial charge in [-0.3, -0.25) is 14.4 Å². The Morgan fingerprint density at radius 2 is 1.50 bits per heavy atom. The van der Waals surface area contributed by atoms with Crippen molar-refractivity contribution in [2.75, 3.05) is 20.6 Å². The zero-order chi connectivity index (χ0) is 18.9. The van der Waals surface area contributed by atoms with Crippen LogP contribution in [0.3, 0.4) is 0 Å². The quantitative estimate of drug-likeness (QED) is 0.786. The maximum absolute atomic E-state index is 12.5. The van der Waals surface area contributed by atoms with E-state index < -0.39 is 11.9 Å². The average molecular weight is 353 g/mol. The number of benzene rings is 2. The van der Waals surface area contributed by atoms with Crippen LogP contribution in [0.2, 0.25) is 0 Å². The summed E-state index contributed by atoms with van der Waals surface area (Å²) in [6.45, 7) is -0.113. The molecule has 0 saturated carbocycles. The van der Waals surface area contributed by atoms with Crippen molar-refractivity contribution in [2.45, 2.75) is 12.5 Å². The average Bonchev–Trinajstić information content (AvgIpc) is 2.66. The lowest BCUT2D eigenvalue weighted by atomic mass is 10.0. The maximum atomic E-state index is 12.5. The van der Waals surface area contributed by atoms with Crippen LogP contribution in [0.25, 0.3) is 0 Å². The van der Waals surface area contributed by atoms with Crippen LogP contribution in [-0.4, -0.2) is 49.3 Å². The molecule has 2 aromatic rings. The van der Waals surface area contributed by atoms with E-state index in [1.807, 2.05) is 36.4 Å². The fraction of sp³-hybridized carbons (Fsp3) is 0.250.